The third-order valence-electron chi connectivity index (χ3n) is 6.96. The van der Waals surface area contributed by atoms with Gasteiger partial charge in [-0.15, -0.1) is 0 Å². The minimum absolute atomic E-state index is 0.0178. The van der Waals surface area contributed by atoms with Crippen molar-refractivity contribution in [2.75, 3.05) is 5.32 Å². The summed E-state index contributed by atoms with van der Waals surface area (Å²) < 4.78 is 39.7. The highest BCUT2D eigenvalue weighted by molar-refractivity contribution is 6.31. The number of hydrogen-bond donors (Lipinski definition) is 1. The standard InChI is InChI=1S/C29H24ClF3N4O/c30-25-10-4-17(18-5-11-26-24(14-18)27(35-16-34-26)36-22-6-7-22)12-20(25)15-37(23-8-9-23)28(38)19-2-1-3-21(13-19)29(31,32)33/h1-5,10-14,16,22-23H,6-9,15H2,(H,34,35,36). The van der Waals surface area contributed by atoms with Gasteiger partial charge in [0.25, 0.3) is 5.91 Å². The summed E-state index contributed by atoms with van der Waals surface area (Å²) in [5.74, 6) is 0.374. The van der Waals surface area contributed by atoms with Crippen LogP contribution >= 0.6 is 11.6 Å². The molecule has 2 aliphatic carbocycles. The number of rotatable bonds is 7. The summed E-state index contributed by atoms with van der Waals surface area (Å²) in [6.45, 7) is 0.206. The molecule has 0 radical (unpaired) electrons. The number of halogens is 4. The minimum Gasteiger partial charge on any atom is -0.367 e. The van der Waals surface area contributed by atoms with E-state index in [2.05, 4.69) is 15.3 Å². The van der Waals surface area contributed by atoms with Gasteiger partial charge in [-0.3, -0.25) is 4.79 Å². The summed E-state index contributed by atoms with van der Waals surface area (Å²) >= 11 is 6.56. The van der Waals surface area contributed by atoms with E-state index in [0.29, 0.717) is 11.1 Å². The monoisotopic (exact) mass is 536 g/mol. The molecular weight excluding hydrogens is 513 g/mol. The van der Waals surface area contributed by atoms with Crippen LogP contribution in [0.3, 0.4) is 0 Å². The number of amides is 1. The SMILES string of the molecule is O=C(c1cccc(C(F)(F)F)c1)N(Cc1cc(-c2ccc3ncnc(NC4CC4)c3c2)ccc1Cl)C1CC1. The van der Waals surface area contributed by atoms with Crippen molar-refractivity contribution < 1.29 is 18.0 Å². The molecule has 2 saturated carbocycles. The van der Waals surface area contributed by atoms with Crippen LogP contribution in [0.25, 0.3) is 22.0 Å². The fourth-order valence-corrected chi connectivity index (χ4v) is 4.76. The van der Waals surface area contributed by atoms with Gasteiger partial charge in [-0.05, 0) is 84.8 Å². The molecule has 5 nitrogen and oxygen atoms in total. The lowest BCUT2D eigenvalue weighted by molar-refractivity contribution is -0.137. The normalized spacial score (nSPS) is 15.5. The lowest BCUT2D eigenvalue weighted by Gasteiger charge is -2.24. The molecule has 2 aliphatic rings. The van der Waals surface area contributed by atoms with Gasteiger partial charge < -0.3 is 10.2 Å². The number of nitrogens with one attached hydrogen (secondary N) is 1. The van der Waals surface area contributed by atoms with Crippen molar-refractivity contribution in [2.24, 2.45) is 0 Å². The molecule has 1 heterocycles. The molecule has 1 aromatic heterocycles. The number of carbonyl (C=O) groups excluding carboxylic acids is 1. The first kappa shape index (κ1) is 24.7. The molecule has 0 saturated heterocycles. The Hall–Kier alpha value is -3.65. The second kappa shape index (κ2) is 9.58. The van der Waals surface area contributed by atoms with E-state index in [1.165, 1.54) is 12.1 Å². The average molecular weight is 537 g/mol. The summed E-state index contributed by atoms with van der Waals surface area (Å²) in [6.07, 6.45) is 0.913. The zero-order valence-electron chi connectivity index (χ0n) is 20.3. The Labute approximate surface area is 222 Å². The van der Waals surface area contributed by atoms with Crippen LogP contribution in [0.15, 0.2) is 67.0 Å². The van der Waals surface area contributed by atoms with Crippen LogP contribution in [-0.4, -0.2) is 32.9 Å². The van der Waals surface area contributed by atoms with E-state index in [1.54, 1.807) is 17.3 Å². The molecule has 0 bridgehead atoms. The molecule has 194 valence electrons. The second-order valence-electron chi connectivity index (χ2n) is 9.92. The van der Waals surface area contributed by atoms with Gasteiger partial charge in [0.05, 0.1) is 11.1 Å². The van der Waals surface area contributed by atoms with Crippen LogP contribution in [0.2, 0.25) is 5.02 Å². The number of benzene rings is 3. The Morgan fingerprint density at radius 2 is 1.74 bits per heavy atom. The van der Waals surface area contributed by atoms with Gasteiger partial charge >= 0.3 is 6.18 Å². The number of carbonyl (C=O) groups is 1. The van der Waals surface area contributed by atoms with Crippen molar-refractivity contribution >= 4 is 34.2 Å². The van der Waals surface area contributed by atoms with E-state index < -0.39 is 17.6 Å². The van der Waals surface area contributed by atoms with E-state index >= 15 is 0 Å². The first-order chi connectivity index (χ1) is 18.3. The zero-order valence-corrected chi connectivity index (χ0v) is 21.1. The molecule has 1 N–H and O–H groups in total. The molecule has 6 rings (SSSR count). The predicted octanol–water partition coefficient (Wildman–Crippen LogP) is 7.35. The largest absolute Gasteiger partial charge is 0.416 e. The molecule has 0 atom stereocenters. The van der Waals surface area contributed by atoms with Crippen molar-refractivity contribution in [3.8, 4) is 11.1 Å². The molecule has 1 amide bonds. The molecule has 3 aromatic carbocycles. The van der Waals surface area contributed by atoms with E-state index in [4.69, 9.17) is 11.6 Å². The summed E-state index contributed by atoms with van der Waals surface area (Å²) in [7, 11) is 0. The third kappa shape index (κ3) is 5.18. The van der Waals surface area contributed by atoms with Crippen molar-refractivity contribution in [1.82, 2.24) is 14.9 Å². The number of alkyl halides is 3. The van der Waals surface area contributed by atoms with Gasteiger partial charge in [0.15, 0.2) is 0 Å². The van der Waals surface area contributed by atoms with Gasteiger partial charge in [0.2, 0.25) is 0 Å². The number of nitrogens with zero attached hydrogens (tertiary/aromatic N) is 3. The van der Waals surface area contributed by atoms with Crippen molar-refractivity contribution in [2.45, 2.75) is 50.5 Å². The molecule has 38 heavy (non-hydrogen) atoms. The van der Waals surface area contributed by atoms with Gasteiger partial charge in [-0.1, -0.05) is 29.8 Å². The maximum Gasteiger partial charge on any atom is 0.416 e. The van der Waals surface area contributed by atoms with Crippen LogP contribution in [0.1, 0.15) is 47.2 Å². The summed E-state index contributed by atoms with van der Waals surface area (Å²) in [5, 5.41) is 4.88. The Balaban J connectivity index is 1.31. The highest BCUT2D eigenvalue weighted by Crippen LogP contribution is 2.35. The topological polar surface area (TPSA) is 58.1 Å². The van der Waals surface area contributed by atoms with Crippen LogP contribution in [0.4, 0.5) is 19.0 Å². The van der Waals surface area contributed by atoms with Crippen LogP contribution in [-0.2, 0) is 12.7 Å². The highest BCUT2D eigenvalue weighted by Gasteiger charge is 2.35. The molecule has 2 fully saturated rings. The maximum atomic E-state index is 13.3. The maximum absolute atomic E-state index is 13.3. The Morgan fingerprint density at radius 1 is 0.974 bits per heavy atom. The molecule has 4 aromatic rings. The van der Waals surface area contributed by atoms with Crippen molar-refractivity contribution in [1.29, 1.82) is 0 Å². The Bertz CT molecular complexity index is 1530. The smallest absolute Gasteiger partial charge is 0.367 e. The summed E-state index contributed by atoms with van der Waals surface area (Å²) in [6, 6.07) is 16.6. The van der Waals surface area contributed by atoms with Gasteiger partial charge in [0.1, 0.15) is 12.1 Å². The average Bonchev–Trinajstić information content (AvgIpc) is 3.83. The predicted molar refractivity (Wildman–Crippen MR) is 141 cm³/mol. The van der Waals surface area contributed by atoms with Crippen molar-refractivity contribution in [3.05, 3.63) is 88.7 Å². The quantitative estimate of drug-likeness (QED) is 0.268. The Morgan fingerprint density at radius 3 is 2.47 bits per heavy atom. The minimum atomic E-state index is -4.52. The fraction of sp³-hybridized carbons (Fsp3) is 0.276. The van der Waals surface area contributed by atoms with Gasteiger partial charge in [0, 0.05) is 34.6 Å². The first-order valence-corrected chi connectivity index (χ1v) is 12.9. The zero-order chi connectivity index (χ0) is 26.4. The van der Waals surface area contributed by atoms with Crippen molar-refractivity contribution in [3.63, 3.8) is 0 Å². The lowest BCUT2D eigenvalue weighted by Crippen LogP contribution is -2.33. The first-order valence-electron chi connectivity index (χ1n) is 12.5. The lowest BCUT2D eigenvalue weighted by atomic mass is 10.0. The Kier molecular flexibility index (Phi) is 6.22. The highest BCUT2D eigenvalue weighted by atomic mass is 35.5. The number of aromatic nitrogens is 2. The fourth-order valence-electron chi connectivity index (χ4n) is 4.58. The van der Waals surface area contributed by atoms with E-state index in [-0.39, 0.29) is 18.2 Å². The molecule has 0 unspecified atom stereocenters. The molecule has 9 heteroatoms. The van der Waals surface area contributed by atoms with E-state index in [1.807, 2.05) is 30.3 Å². The third-order valence-corrected chi connectivity index (χ3v) is 7.33. The number of hydrogen-bond acceptors (Lipinski definition) is 4. The molecular formula is C29H24ClF3N4O. The van der Waals surface area contributed by atoms with Gasteiger partial charge in [-0.25, -0.2) is 9.97 Å². The van der Waals surface area contributed by atoms with Crippen LogP contribution in [0, 0.1) is 0 Å². The van der Waals surface area contributed by atoms with Crippen LogP contribution in [0.5, 0.6) is 0 Å². The second-order valence-corrected chi connectivity index (χ2v) is 10.3. The number of anilines is 1. The van der Waals surface area contributed by atoms with Crippen LogP contribution < -0.4 is 5.32 Å². The summed E-state index contributed by atoms with van der Waals surface area (Å²) in [4.78, 5) is 23.8. The van der Waals surface area contributed by atoms with E-state index in [9.17, 15) is 18.0 Å². The molecule has 0 spiro atoms. The van der Waals surface area contributed by atoms with Gasteiger partial charge in [-0.2, -0.15) is 13.2 Å². The summed E-state index contributed by atoms with van der Waals surface area (Å²) in [5.41, 5.74) is 2.62. The molecule has 0 aliphatic heterocycles. The van der Waals surface area contributed by atoms with E-state index in [0.717, 1.165) is 71.2 Å². The number of fused-ring (bicyclic) bond motifs is 1.